The zero-order valence-corrected chi connectivity index (χ0v) is 14.3. The third kappa shape index (κ3) is 4.74. The largest absolute Gasteiger partial charge is 0.496 e. The number of methoxy groups -OCH3 is 1. The molecule has 4 heteroatoms. The first kappa shape index (κ1) is 16.9. The van der Waals surface area contributed by atoms with Gasteiger partial charge in [0.2, 0.25) is 0 Å². The second-order valence-corrected chi connectivity index (χ2v) is 5.87. The van der Waals surface area contributed by atoms with Gasteiger partial charge in [-0.2, -0.15) is 0 Å². The van der Waals surface area contributed by atoms with Gasteiger partial charge in [-0.05, 0) is 48.7 Å². The lowest BCUT2D eigenvalue weighted by molar-refractivity contribution is 0.407. The van der Waals surface area contributed by atoms with E-state index in [2.05, 4.69) is 55.3 Å². The molecule has 0 aliphatic rings. The van der Waals surface area contributed by atoms with E-state index in [4.69, 9.17) is 10.5 Å². The van der Waals surface area contributed by atoms with E-state index in [-0.39, 0.29) is 5.92 Å². The maximum Gasteiger partial charge on any atom is 0.193 e. The van der Waals surface area contributed by atoms with E-state index < -0.39 is 0 Å². The van der Waals surface area contributed by atoms with Gasteiger partial charge in [-0.3, -0.25) is 4.99 Å². The Morgan fingerprint density at radius 1 is 1.17 bits per heavy atom. The van der Waals surface area contributed by atoms with Crippen LogP contribution in [0.1, 0.15) is 29.5 Å². The number of hydrogen-bond acceptors (Lipinski definition) is 2. The Hall–Kier alpha value is -2.49. The summed E-state index contributed by atoms with van der Waals surface area (Å²) in [6, 6.07) is 14.2. The molecule has 0 aromatic heterocycles. The third-order valence-electron chi connectivity index (χ3n) is 3.70. The Bertz CT molecular complexity index is 675. The molecule has 2 rings (SSSR count). The van der Waals surface area contributed by atoms with Gasteiger partial charge >= 0.3 is 0 Å². The number of benzene rings is 2. The minimum Gasteiger partial charge on any atom is -0.496 e. The monoisotopic (exact) mass is 311 g/mol. The molecule has 0 saturated carbocycles. The fraction of sp³-hybridized carbons (Fsp3) is 0.316. The van der Waals surface area contributed by atoms with Crippen LogP contribution in [0.15, 0.2) is 47.5 Å². The molecule has 0 amide bonds. The summed E-state index contributed by atoms with van der Waals surface area (Å²) in [6.45, 7) is 6.85. The van der Waals surface area contributed by atoms with Gasteiger partial charge in [-0.1, -0.05) is 31.2 Å². The minimum absolute atomic E-state index is 0.228. The summed E-state index contributed by atoms with van der Waals surface area (Å²) in [7, 11) is 1.69. The molecule has 4 nitrogen and oxygen atoms in total. The van der Waals surface area contributed by atoms with Crippen LogP contribution in [-0.2, 0) is 0 Å². The summed E-state index contributed by atoms with van der Waals surface area (Å²) < 4.78 is 5.40. The molecule has 3 N–H and O–H groups in total. The van der Waals surface area contributed by atoms with Crippen LogP contribution in [0.2, 0.25) is 0 Å². The molecular formula is C19H25N3O. The molecule has 1 atom stereocenters. The number of ether oxygens (including phenoxy) is 1. The quantitative estimate of drug-likeness (QED) is 0.651. The maximum absolute atomic E-state index is 6.01. The SMILES string of the molecule is COc1ccccc1C(C)CN=C(N)Nc1cc(C)cc(C)c1. The van der Waals surface area contributed by atoms with Crippen LogP contribution in [0.4, 0.5) is 5.69 Å². The van der Waals surface area contributed by atoms with Crippen molar-refractivity contribution in [2.75, 3.05) is 19.0 Å². The first-order valence-corrected chi connectivity index (χ1v) is 7.77. The Balaban J connectivity index is 2.04. The summed E-state index contributed by atoms with van der Waals surface area (Å²) in [4.78, 5) is 4.46. The topological polar surface area (TPSA) is 59.6 Å². The Labute approximate surface area is 138 Å². The van der Waals surface area contributed by atoms with Crippen molar-refractivity contribution in [1.29, 1.82) is 0 Å². The van der Waals surface area contributed by atoms with Gasteiger partial charge < -0.3 is 15.8 Å². The van der Waals surface area contributed by atoms with Gasteiger partial charge in [0.1, 0.15) is 5.75 Å². The van der Waals surface area contributed by atoms with E-state index in [1.54, 1.807) is 7.11 Å². The molecule has 0 radical (unpaired) electrons. The van der Waals surface area contributed by atoms with E-state index in [0.717, 1.165) is 17.0 Å². The zero-order chi connectivity index (χ0) is 16.8. The van der Waals surface area contributed by atoms with Crippen LogP contribution in [0.5, 0.6) is 5.75 Å². The van der Waals surface area contributed by atoms with Gasteiger partial charge in [0, 0.05) is 18.2 Å². The highest BCUT2D eigenvalue weighted by molar-refractivity contribution is 5.92. The molecule has 0 bridgehead atoms. The molecule has 0 aliphatic heterocycles. The summed E-state index contributed by atoms with van der Waals surface area (Å²) >= 11 is 0. The molecule has 0 aliphatic carbocycles. The molecule has 1 unspecified atom stereocenters. The number of nitrogens with one attached hydrogen (secondary N) is 1. The summed E-state index contributed by atoms with van der Waals surface area (Å²) in [5.74, 6) is 1.54. The molecule has 0 fully saturated rings. The smallest absolute Gasteiger partial charge is 0.193 e. The summed E-state index contributed by atoms with van der Waals surface area (Å²) in [5.41, 5.74) is 10.5. The van der Waals surface area contributed by atoms with Crippen molar-refractivity contribution in [1.82, 2.24) is 0 Å². The Kier molecular flexibility index (Phi) is 5.63. The molecule has 23 heavy (non-hydrogen) atoms. The lowest BCUT2D eigenvalue weighted by atomic mass is 10.0. The second kappa shape index (κ2) is 7.68. The van der Waals surface area contributed by atoms with Gasteiger partial charge in [0.15, 0.2) is 5.96 Å². The number of guanidine groups is 1. The van der Waals surface area contributed by atoms with Gasteiger partial charge in [-0.15, -0.1) is 0 Å². The number of aryl methyl sites for hydroxylation is 2. The number of rotatable bonds is 5. The van der Waals surface area contributed by atoms with E-state index in [9.17, 15) is 0 Å². The predicted molar refractivity (Wildman–Crippen MR) is 97.4 cm³/mol. The second-order valence-electron chi connectivity index (χ2n) is 5.87. The predicted octanol–water partition coefficient (Wildman–Crippen LogP) is 3.84. The normalized spacial score (nSPS) is 12.8. The zero-order valence-electron chi connectivity index (χ0n) is 14.3. The fourth-order valence-electron chi connectivity index (χ4n) is 2.64. The van der Waals surface area contributed by atoms with Crippen LogP contribution in [0.25, 0.3) is 0 Å². The first-order chi connectivity index (χ1) is 11.0. The van der Waals surface area contributed by atoms with Crippen molar-refractivity contribution in [2.45, 2.75) is 26.7 Å². The Morgan fingerprint density at radius 3 is 2.48 bits per heavy atom. The average molecular weight is 311 g/mol. The number of aliphatic imine (C=N–C) groups is 1. The van der Waals surface area contributed by atoms with E-state index in [0.29, 0.717) is 12.5 Å². The lowest BCUT2D eigenvalue weighted by Gasteiger charge is -2.14. The summed E-state index contributed by atoms with van der Waals surface area (Å²) in [5, 5.41) is 3.16. The highest BCUT2D eigenvalue weighted by Crippen LogP contribution is 2.26. The first-order valence-electron chi connectivity index (χ1n) is 7.77. The molecule has 2 aromatic carbocycles. The molecule has 0 heterocycles. The number of para-hydroxylation sites is 1. The highest BCUT2D eigenvalue weighted by atomic mass is 16.5. The van der Waals surface area contributed by atoms with Crippen molar-refractivity contribution < 1.29 is 4.74 Å². The van der Waals surface area contributed by atoms with Crippen LogP contribution < -0.4 is 15.8 Å². The van der Waals surface area contributed by atoms with Crippen molar-refractivity contribution in [3.63, 3.8) is 0 Å². The highest BCUT2D eigenvalue weighted by Gasteiger charge is 2.10. The van der Waals surface area contributed by atoms with Gasteiger partial charge in [0.05, 0.1) is 7.11 Å². The number of hydrogen-bond donors (Lipinski definition) is 2. The fourth-order valence-corrected chi connectivity index (χ4v) is 2.64. The molecular weight excluding hydrogens is 286 g/mol. The number of nitrogens with two attached hydrogens (primary N) is 1. The average Bonchev–Trinajstić information content (AvgIpc) is 2.51. The van der Waals surface area contributed by atoms with E-state index in [1.807, 2.05) is 18.2 Å². The maximum atomic E-state index is 6.01. The van der Waals surface area contributed by atoms with Gasteiger partial charge in [0.25, 0.3) is 0 Å². The number of nitrogens with zero attached hydrogens (tertiary/aromatic N) is 1. The lowest BCUT2D eigenvalue weighted by Crippen LogP contribution is -2.23. The van der Waals surface area contributed by atoms with Crippen LogP contribution in [0, 0.1) is 13.8 Å². The van der Waals surface area contributed by atoms with Crippen molar-refractivity contribution in [3.8, 4) is 5.75 Å². The summed E-state index contributed by atoms with van der Waals surface area (Å²) in [6.07, 6.45) is 0. The number of anilines is 1. The van der Waals surface area contributed by atoms with E-state index in [1.165, 1.54) is 11.1 Å². The molecule has 122 valence electrons. The molecule has 2 aromatic rings. The van der Waals surface area contributed by atoms with Crippen LogP contribution in [-0.4, -0.2) is 19.6 Å². The van der Waals surface area contributed by atoms with E-state index >= 15 is 0 Å². The standard InChI is InChI=1S/C19H25N3O/c1-13-9-14(2)11-16(10-13)22-19(20)21-12-15(3)17-7-5-6-8-18(17)23-4/h5-11,15H,12H2,1-4H3,(H3,20,21,22). The molecule has 0 saturated heterocycles. The van der Waals surface area contributed by atoms with Gasteiger partial charge in [-0.25, -0.2) is 0 Å². The van der Waals surface area contributed by atoms with Crippen LogP contribution >= 0.6 is 0 Å². The Morgan fingerprint density at radius 2 is 1.83 bits per heavy atom. The van der Waals surface area contributed by atoms with Crippen molar-refractivity contribution in [2.24, 2.45) is 10.7 Å². The minimum atomic E-state index is 0.228. The van der Waals surface area contributed by atoms with Crippen molar-refractivity contribution in [3.05, 3.63) is 59.2 Å². The molecule has 0 spiro atoms. The third-order valence-corrected chi connectivity index (χ3v) is 3.70. The van der Waals surface area contributed by atoms with Crippen LogP contribution in [0.3, 0.4) is 0 Å². The van der Waals surface area contributed by atoms with Crippen molar-refractivity contribution >= 4 is 11.6 Å².